The Bertz CT molecular complexity index is 2820. The summed E-state index contributed by atoms with van der Waals surface area (Å²) in [7, 11) is 1.71. The van der Waals surface area contributed by atoms with Gasteiger partial charge in [-0.3, -0.25) is 0 Å². The van der Waals surface area contributed by atoms with Crippen molar-refractivity contribution in [2.45, 2.75) is 5.41 Å². The van der Waals surface area contributed by atoms with E-state index in [1.54, 1.807) is 7.11 Å². The van der Waals surface area contributed by atoms with Gasteiger partial charge in [-0.25, -0.2) is 0 Å². The lowest BCUT2D eigenvalue weighted by atomic mass is 9.70. The Morgan fingerprint density at radius 2 is 0.943 bits per heavy atom. The summed E-state index contributed by atoms with van der Waals surface area (Å²) in [6.45, 7) is 0. The molecule has 1 heterocycles. The number of para-hydroxylation sites is 2. The predicted octanol–water partition coefficient (Wildman–Crippen LogP) is 13.1. The standard InChI is InChI=1S/C50H33NO2/c1-52-36-28-25-34(26-29-36)51(33-23-21-32(22-24-33)37-15-10-16-43-42-14-5-9-20-48(42)53-49(37)43)35-27-30-41-40-13-4-8-19-46(40)50(47(41)31-35)44-17-6-2-11-38(44)39-12-3-7-18-45(39)50/h2-31H,1H3. The number of hydrogen-bond acceptors (Lipinski definition) is 3. The van der Waals surface area contributed by atoms with E-state index in [4.69, 9.17) is 9.15 Å². The van der Waals surface area contributed by atoms with Crippen LogP contribution in [0.2, 0.25) is 0 Å². The van der Waals surface area contributed by atoms with Gasteiger partial charge in [-0.2, -0.15) is 0 Å². The van der Waals surface area contributed by atoms with Crippen LogP contribution in [0.25, 0.3) is 55.3 Å². The van der Waals surface area contributed by atoms with Crippen LogP contribution in [0.5, 0.6) is 5.75 Å². The van der Waals surface area contributed by atoms with Crippen molar-refractivity contribution in [3.63, 3.8) is 0 Å². The van der Waals surface area contributed by atoms with Gasteiger partial charge in [0.1, 0.15) is 16.9 Å². The minimum atomic E-state index is -0.421. The van der Waals surface area contributed by atoms with Crippen molar-refractivity contribution in [2.24, 2.45) is 0 Å². The number of furan rings is 1. The summed E-state index contributed by atoms with van der Waals surface area (Å²) in [5.74, 6) is 0.825. The number of ether oxygens (including phenoxy) is 1. The van der Waals surface area contributed by atoms with Gasteiger partial charge >= 0.3 is 0 Å². The molecular formula is C50H33NO2. The summed E-state index contributed by atoms with van der Waals surface area (Å²) >= 11 is 0. The first-order chi connectivity index (χ1) is 26.2. The van der Waals surface area contributed by atoms with Crippen molar-refractivity contribution < 1.29 is 9.15 Å². The molecule has 1 spiro atoms. The normalized spacial score (nSPS) is 13.2. The van der Waals surface area contributed by atoms with Gasteiger partial charge in [0.05, 0.1) is 12.5 Å². The first-order valence-electron chi connectivity index (χ1n) is 18.1. The number of rotatable bonds is 5. The van der Waals surface area contributed by atoms with Crippen molar-refractivity contribution >= 4 is 39.0 Å². The van der Waals surface area contributed by atoms with Crippen molar-refractivity contribution in [3.05, 3.63) is 204 Å². The van der Waals surface area contributed by atoms with Crippen LogP contribution in [-0.2, 0) is 5.41 Å². The molecule has 0 saturated carbocycles. The second-order valence-corrected chi connectivity index (χ2v) is 14.0. The van der Waals surface area contributed by atoms with Crippen molar-refractivity contribution in [3.8, 4) is 39.1 Å². The summed E-state index contributed by atoms with van der Waals surface area (Å²) in [5.41, 5.74) is 17.3. The van der Waals surface area contributed by atoms with E-state index >= 15 is 0 Å². The Morgan fingerprint density at radius 1 is 0.434 bits per heavy atom. The van der Waals surface area contributed by atoms with Crippen LogP contribution in [0.3, 0.4) is 0 Å². The zero-order chi connectivity index (χ0) is 35.1. The first-order valence-corrected chi connectivity index (χ1v) is 18.1. The average molecular weight is 680 g/mol. The van der Waals surface area contributed by atoms with E-state index in [1.165, 1.54) is 44.5 Å². The van der Waals surface area contributed by atoms with E-state index in [9.17, 15) is 0 Å². The Morgan fingerprint density at radius 3 is 1.58 bits per heavy atom. The van der Waals surface area contributed by atoms with Gasteiger partial charge in [0.15, 0.2) is 0 Å². The summed E-state index contributed by atoms with van der Waals surface area (Å²) in [6, 6.07) is 65.8. The lowest BCUT2D eigenvalue weighted by Crippen LogP contribution is -2.26. The summed E-state index contributed by atoms with van der Waals surface area (Å²) < 4.78 is 12.0. The van der Waals surface area contributed by atoms with Crippen LogP contribution >= 0.6 is 0 Å². The third-order valence-corrected chi connectivity index (χ3v) is 11.4. The molecule has 250 valence electrons. The maximum atomic E-state index is 6.42. The van der Waals surface area contributed by atoms with Gasteiger partial charge < -0.3 is 14.1 Å². The third kappa shape index (κ3) is 4.16. The van der Waals surface area contributed by atoms with Crippen molar-refractivity contribution in [1.29, 1.82) is 0 Å². The summed E-state index contributed by atoms with van der Waals surface area (Å²) in [6.07, 6.45) is 0. The molecule has 3 heteroatoms. The number of hydrogen-bond donors (Lipinski definition) is 0. The molecule has 0 aliphatic heterocycles. The summed E-state index contributed by atoms with van der Waals surface area (Å²) in [4.78, 5) is 2.36. The van der Waals surface area contributed by atoms with Crippen LogP contribution < -0.4 is 9.64 Å². The fourth-order valence-electron chi connectivity index (χ4n) is 9.16. The van der Waals surface area contributed by atoms with E-state index in [0.717, 1.165) is 55.9 Å². The highest BCUT2D eigenvalue weighted by Gasteiger charge is 2.51. The molecule has 2 aliphatic rings. The Kier molecular flexibility index (Phi) is 6.38. The maximum absolute atomic E-state index is 6.42. The van der Waals surface area contributed by atoms with E-state index in [0.29, 0.717) is 0 Å². The Balaban J connectivity index is 1.10. The highest BCUT2D eigenvalue weighted by Crippen LogP contribution is 2.63. The second kappa shape index (κ2) is 11.3. The largest absolute Gasteiger partial charge is 0.497 e. The number of fused-ring (bicyclic) bond motifs is 13. The molecule has 53 heavy (non-hydrogen) atoms. The molecular weight excluding hydrogens is 647 g/mol. The molecule has 3 nitrogen and oxygen atoms in total. The van der Waals surface area contributed by atoms with Crippen LogP contribution in [-0.4, -0.2) is 7.11 Å². The minimum Gasteiger partial charge on any atom is -0.497 e. The van der Waals surface area contributed by atoms with Gasteiger partial charge in [0, 0.05) is 33.4 Å². The van der Waals surface area contributed by atoms with E-state index in [-0.39, 0.29) is 0 Å². The third-order valence-electron chi connectivity index (χ3n) is 11.4. The van der Waals surface area contributed by atoms with Gasteiger partial charge in [-0.1, -0.05) is 127 Å². The SMILES string of the molecule is COc1ccc(N(c2ccc(-c3cccc4c3oc3ccccc34)cc2)c2ccc3c(c2)C2(c4ccccc4-c4ccccc42)c2ccccc2-3)cc1. The molecule has 11 rings (SSSR count). The Hall–Kier alpha value is -6.84. The monoisotopic (exact) mass is 679 g/mol. The topological polar surface area (TPSA) is 25.6 Å². The highest BCUT2D eigenvalue weighted by molar-refractivity contribution is 6.09. The van der Waals surface area contributed by atoms with Gasteiger partial charge in [0.2, 0.25) is 0 Å². The molecule has 0 atom stereocenters. The number of anilines is 3. The maximum Gasteiger partial charge on any atom is 0.143 e. The molecule has 2 aliphatic carbocycles. The number of methoxy groups -OCH3 is 1. The lowest BCUT2D eigenvalue weighted by Gasteiger charge is -2.32. The Labute approximate surface area is 308 Å². The average Bonchev–Trinajstić information content (AvgIpc) is 3.86. The van der Waals surface area contributed by atoms with E-state index < -0.39 is 5.41 Å². The zero-order valence-electron chi connectivity index (χ0n) is 29.1. The molecule has 0 N–H and O–H groups in total. The second-order valence-electron chi connectivity index (χ2n) is 14.0. The predicted molar refractivity (Wildman–Crippen MR) is 217 cm³/mol. The smallest absolute Gasteiger partial charge is 0.143 e. The molecule has 0 bridgehead atoms. The molecule has 0 saturated heterocycles. The number of nitrogens with zero attached hydrogens (tertiary/aromatic N) is 1. The van der Waals surface area contributed by atoms with Crippen molar-refractivity contribution in [1.82, 2.24) is 0 Å². The van der Waals surface area contributed by atoms with Crippen LogP contribution in [0, 0.1) is 0 Å². The minimum absolute atomic E-state index is 0.421. The van der Waals surface area contributed by atoms with Crippen LogP contribution in [0.15, 0.2) is 186 Å². The van der Waals surface area contributed by atoms with E-state index in [1.807, 2.05) is 24.3 Å². The lowest BCUT2D eigenvalue weighted by molar-refractivity contribution is 0.415. The fourth-order valence-corrected chi connectivity index (χ4v) is 9.16. The van der Waals surface area contributed by atoms with Gasteiger partial charge in [0.25, 0.3) is 0 Å². The van der Waals surface area contributed by atoms with Crippen LogP contribution in [0.1, 0.15) is 22.3 Å². The molecule has 0 radical (unpaired) electrons. The molecule has 9 aromatic rings. The van der Waals surface area contributed by atoms with Crippen molar-refractivity contribution in [2.75, 3.05) is 12.0 Å². The molecule has 0 amide bonds. The zero-order valence-corrected chi connectivity index (χ0v) is 29.1. The molecule has 0 fully saturated rings. The molecule has 0 unspecified atom stereocenters. The number of benzene rings is 8. The first kappa shape index (κ1) is 29.8. The highest BCUT2D eigenvalue weighted by atomic mass is 16.5. The molecule has 8 aromatic carbocycles. The van der Waals surface area contributed by atoms with Gasteiger partial charge in [-0.05, 0) is 105 Å². The fraction of sp³-hybridized carbons (Fsp3) is 0.0400. The van der Waals surface area contributed by atoms with Gasteiger partial charge in [-0.15, -0.1) is 0 Å². The van der Waals surface area contributed by atoms with E-state index in [2.05, 4.69) is 163 Å². The van der Waals surface area contributed by atoms with Crippen LogP contribution in [0.4, 0.5) is 17.1 Å². The summed E-state index contributed by atoms with van der Waals surface area (Å²) in [5, 5.41) is 2.26. The molecule has 1 aromatic heterocycles. The quantitative estimate of drug-likeness (QED) is 0.181.